The van der Waals surface area contributed by atoms with Crippen molar-refractivity contribution in [1.29, 1.82) is 0 Å². The Bertz CT molecular complexity index is 594. The second-order valence-electron chi connectivity index (χ2n) is 5.60. The first kappa shape index (κ1) is 22.1. The van der Waals surface area contributed by atoms with Gasteiger partial charge in [0.1, 0.15) is 11.5 Å². The van der Waals surface area contributed by atoms with Crippen molar-refractivity contribution in [2.24, 2.45) is 0 Å². The van der Waals surface area contributed by atoms with Gasteiger partial charge in [0.25, 0.3) is 5.24 Å². The molecule has 0 heterocycles. The van der Waals surface area contributed by atoms with Gasteiger partial charge in [-0.1, -0.05) is 29.1 Å². The molecule has 0 aromatic heterocycles. The van der Waals surface area contributed by atoms with Gasteiger partial charge in [-0.05, 0) is 47.2 Å². The quantitative estimate of drug-likeness (QED) is 0.400. The lowest BCUT2D eigenvalue weighted by molar-refractivity contribution is 0.137. The molecule has 0 radical (unpaired) electrons. The minimum atomic E-state index is -0.164. The summed E-state index contributed by atoms with van der Waals surface area (Å²) >= 11 is 1.20. The van der Waals surface area contributed by atoms with E-state index in [1.54, 1.807) is 26.8 Å². The van der Waals surface area contributed by atoms with Crippen molar-refractivity contribution in [3.8, 4) is 11.5 Å². The molecule has 0 aliphatic heterocycles. The number of hydrogen-bond donors (Lipinski definition) is 4. The predicted octanol–water partition coefficient (Wildman–Crippen LogP) is 2.41. The van der Waals surface area contributed by atoms with E-state index < -0.39 is 0 Å². The number of aliphatic hydroxyl groups excluding tert-OH is 2. The minimum Gasteiger partial charge on any atom is -0.493 e. The molecule has 0 aliphatic carbocycles. The molecule has 1 rings (SSSR count). The molecule has 0 spiro atoms. The Hall–Kier alpha value is -0.940. The van der Waals surface area contributed by atoms with Crippen molar-refractivity contribution in [2.45, 2.75) is 19.4 Å². The molecule has 9 heteroatoms. The molecule has 0 fully saturated rings. The zero-order valence-electron chi connectivity index (χ0n) is 15.2. The summed E-state index contributed by atoms with van der Waals surface area (Å²) in [4.78, 5) is 0. The first-order chi connectivity index (χ1) is 11.8. The summed E-state index contributed by atoms with van der Waals surface area (Å²) in [5, 5.41) is 19.2. The first-order valence-corrected chi connectivity index (χ1v) is 9.43. The predicted molar refractivity (Wildman–Crippen MR) is 108 cm³/mol. The zero-order valence-corrected chi connectivity index (χ0v) is 17.0. The summed E-state index contributed by atoms with van der Waals surface area (Å²) in [6, 6.07) is 7.06. The number of thiol groups is 2. The van der Waals surface area contributed by atoms with Gasteiger partial charge >= 0.3 is 0 Å². The van der Waals surface area contributed by atoms with Crippen LogP contribution in [0.1, 0.15) is 13.3 Å². The van der Waals surface area contributed by atoms with Gasteiger partial charge in [0.2, 0.25) is 5.24 Å². The van der Waals surface area contributed by atoms with Crippen LogP contribution in [0.5, 0.6) is 11.5 Å². The fourth-order valence-electron chi connectivity index (χ4n) is 1.70. The second kappa shape index (κ2) is 11.6. The summed E-state index contributed by atoms with van der Waals surface area (Å²) in [5.74, 6) is 1.14. The van der Waals surface area contributed by atoms with Crippen molar-refractivity contribution in [1.82, 2.24) is 8.61 Å². The summed E-state index contributed by atoms with van der Waals surface area (Å²) < 4.78 is 20.0. The van der Waals surface area contributed by atoms with Crippen molar-refractivity contribution in [2.75, 3.05) is 34.8 Å². The normalized spacial score (nSPS) is 14.8. The van der Waals surface area contributed by atoms with E-state index in [-0.39, 0.29) is 16.6 Å². The summed E-state index contributed by atoms with van der Waals surface area (Å²) in [6.07, 6.45) is 0.456. The molecular weight excluding hydrogens is 364 g/mol. The molecule has 1 aromatic carbocycles. The number of ether oxygens (including phenoxy) is 3. The van der Waals surface area contributed by atoms with Gasteiger partial charge in [0.05, 0.1) is 12.7 Å². The fourth-order valence-corrected chi connectivity index (χ4v) is 2.76. The lowest BCUT2D eigenvalue weighted by Crippen LogP contribution is -2.17. The smallest absolute Gasteiger partial charge is 0.272 e. The van der Waals surface area contributed by atoms with Crippen molar-refractivity contribution < 1.29 is 24.4 Å². The molecule has 0 aliphatic rings. The second-order valence-corrected chi connectivity index (χ2v) is 8.37. The third-order valence-corrected chi connectivity index (χ3v) is 4.02. The molecule has 0 bridgehead atoms. The zero-order chi connectivity index (χ0) is 18.8. The Morgan fingerprint density at radius 1 is 1.04 bits per heavy atom. The van der Waals surface area contributed by atoms with Gasteiger partial charge in [0.15, 0.2) is 0 Å². The summed E-state index contributed by atoms with van der Waals surface area (Å²) in [5.41, 5.74) is 0. The molecule has 1 unspecified atom stereocenters. The molecule has 0 amide bonds. The van der Waals surface area contributed by atoms with Crippen molar-refractivity contribution in [3.63, 3.8) is 0 Å². The van der Waals surface area contributed by atoms with Crippen LogP contribution in [0.2, 0.25) is 0 Å². The lowest BCUT2D eigenvalue weighted by atomic mass is 10.3. The van der Waals surface area contributed by atoms with E-state index in [0.717, 1.165) is 0 Å². The maximum atomic E-state index is 9.71. The van der Waals surface area contributed by atoms with E-state index in [1.807, 2.05) is 41.2 Å². The average Bonchev–Trinajstić information content (AvgIpc) is 2.45. The van der Waals surface area contributed by atoms with E-state index >= 15 is 0 Å². The van der Waals surface area contributed by atoms with Gasteiger partial charge in [-0.2, -0.15) is 0 Å². The van der Waals surface area contributed by atoms with E-state index in [4.69, 9.17) is 14.2 Å². The number of nitrogens with zero attached hydrogens (tertiary/aromatic N) is 2. The molecule has 2 N–H and O–H groups in total. The van der Waals surface area contributed by atoms with Crippen molar-refractivity contribution in [3.05, 3.63) is 24.3 Å². The van der Waals surface area contributed by atoms with E-state index in [2.05, 4.69) is 0 Å². The van der Waals surface area contributed by atoms with Gasteiger partial charge in [-0.3, -0.25) is 8.61 Å². The third kappa shape index (κ3) is 10.6. The van der Waals surface area contributed by atoms with Crippen molar-refractivity contribution >= 4 is 33.5 Å². The highest BCUT2D eigenvalue weighted by Gasteiger charge is 2.07. The minimum absolute atomic E-state index is 0.0287. The van der Waals surface area contributed by atoms with Gasteiger partial charge in [0, 0.05) is 12.5 Å². The Balaban J connectivity index is 2.46. The van der Waals surface area contributed by atoms with E-state index in [1.165, 1.54) is 0 Å². The fraction of sp³-hybridized carbons (Fsp3) is 0.500. The van der Waals surface area contributed by atoms with E-state index in [0.29, 0.717) is 47.6 Å². The van der Waals surface area contributed by atoms with Crippen LogP contribution in [0, 0.1) is 0 Å². The van der Waals surface area contributed by atoms with Gasteiger partial charge in [-0.25, -0.2) is 0 Å². The van der Waals surface area contributed by atoms with Crippen LogP contribution in [0.15, 0.2) is 24.3 Å². The Morgan fingerprint density at radius 2 is 1.64 bits per heavy atom. The molecule has 0 saturated heterocycles. The van der Waals surface area contributed by atoms with E-state index in [9.17, 15) is 10.2 Å². The summed E-state index contributed by atoms with van der Waals surface area (Å²) in [7, 11) is 7.35. The maximum Gasteiger partial charge on any atom is 0.272 e. The standard InChI is InChI=1S/C16H28N2O5S2/c1-12(22-15(19)24-17(2)3)9-10-21-13-7-6-8-14(11-13)23-16(20)25-18(4)5/h6-8,11-12,19-20,24-25H,9-10H2,1-5H3. The monoisotopic (exact) mass is 392 g/mol. The highest BCUT2D eigenvalue weighted by molar-refractivity contribution is 7.96. The molecule has 0 saturated carbocycles. The van der Waals surface area contributed by atoms with Crippen LogP contribution >= 0.6 is 23.1 Å². The molecule has 7 nitrogen and oxygen atoms in total. The largest absolute Gasteiger partial charge is 0.493 e. The third-order valence-electron chi connectivity index (χ3n) is 2.69. The van der Waals surface area contributed by atoms with Crippen LogP contribution in [0.25, 0.3) is 0 Å². The number of aliphatic hydroxyl groups is 2. The van der Waals surface area contributed by atoms with Crippen LogP contribution < -0.4 is 9.47 Å². The highest BCUT2D eigenvalue weighted by atomic mass is 32.1. The van der Waals surface area contributed by atoms with Crippen LogP contribution in [-0.4, -0.2) is 70.2 Å². The van der Waals surface area contributed by atoms with Crippen LogP contribution in [0.4, 0.5) is 0 Å². The molecule has 25 heavy (non-hydrogen) atoms. The maximum absolute atomic E-state index is 9.71. The Labute approximate surface area is 156 Å². The number of hydrogen-bond acceptors (Lipinski definition) is 5. The molecule has 1 aromatic rings. The molecule has 1 atom stereocenters. The Kier molecular flexibility index (Phi) is 10.3. The highest BCUT2D eigenvalue weighted by Crippen LogP contribution is 2.20. The first-order valence-electron chi connectivity index (χ1n) is 7.73. The van der Waals surface area contributed by atoms with Crippen LogP contribution in [-0.2, 0) is 4.74 Å². The molecular formula is C16H28N2O5S2. The summed E-state index contributed by atoms with van der Waals surface area (Å²) in [6.45, 7) is 2.31. The Morgan fingerprint density at radius 3 is 2.28 bits per heavy atom. The SMILES string of the molecule is CC(CCOc1cccc(OC(O)=[SH]N(C)C)c1)OC(O)=[SH]N(C)C. The average molecular weight is 393 g/mol. The van der Waals surface area contributed by atoms with Crippen LogP contribution in [0.3, 0.4) is 0 Å². The topological polar surface area (TPSA) is 74.6 Å². The molecule has 144 valence electrons. The van der Waals surface area contributed by atoms with Gasteiger partial charge in [-0.15, -0.1) is 0 Å². The lowest BCUT2D eigenvalue weighted by Gasteiger charge is -2.14. The number of benzene rings is 1. The number of rotatable bonds is 8. The van der Waals surface area contributed by atoms with Gasteiger partial charge < -0.3 is 24.4 Å².